The first kappa shape index (κ1) is 17.7. The van der Waals surface area contributed by atoms with Gasteiger partial charge in [-0.2, -0.15) is 0 Å². The summed E-state index contributed by atoms with van der Waals surface area (Å²) in [7, 11) is 0. The van der Waals surface area contributed by atoms with Crippen LogP contribution in [0.15, 0.2) is 48.5 Å². The van der Waals surface area contributed by atoms with Gasteiger partial charge in [0.05, 0.1) is 26.2 Å². The molecule has 1 saturated heterocycles. The second kappa shape index (κ2) is 7.77. The SMILES string of the molecule is O=C(c1cccc(Cl)c1)N1CC[NH+](c2ccc(F)cc2)CC1.[Cl-]. The number of nitrogens with one attached hydrogen (secondary N) is 1. The van der Waals surface area contributed by atoms with Crippen LogP contribution in [0.1, 0.15) is 10.4 Å². The monoisotopic (exact) mass is 354 g/mol. The number of carbonyl (C=O) groups is 1. The third-order valence-corrected chi connectivity index (χ3v) is 4.21. The van der Waals surface area contributed by atoms with Gasteiger partial charge in [0.25, 0.3) is 5.91 Å². The van der Waals surface area contributed by atoms with E-state index in [2.05, 4.69) is 0 Å². The van der Waals surface area contributed by atoms with Crippen LogP contribution in [0.3, 0.4) is 0 Å². The van der Waals surface area contributed by atoms with Gasteiger partial charge in [-0.3, -0.25) is 9.69 Å². The van der Waals surface area contributed by atoms with Gasteiger partial charge in [-0.05, 0) is 30.3 Å². The molecule has 1 N–H and O–H groups in total. The molecule has 2 aromatic carbocycles. The third-order valence-electron chi connectivity index (χ3n) is 3.98. The van der Waals surface area contributed by atoms with Gasteiger partial charge in [-0.25, -0.2) is 4.39 Å². The zero-order valence-corrected chi connectivity index (χ0v) is 13.9. The van der Waals surface area contributed by atoms with Crippen molar-refractivity contribution in [3.05, 3.63) is 64.9 Å². The Morgan fingerprint density at radius 3 is 2.35 bits per heavy atom. The molecule has 6 heteroatoms. The van der Waals surface area contributed by atoms with Crippen molar-refractivity contribution >= 4 is 23.2 Å². The molecule has 2 aromatic rings. The predicted octanol–water partition coefficient (Wildman–Crippen LogP) is -0.844. The molecule has 0 spiro atoms. The average molecular weight is 355 g/mol. The summed E-state index contributed by atoms with van der Waals surface area (Å²) in [6.45, 7) is 2.99. The summed E-state index contributed by atoms with van der Waals surface area (Å²) in [6, 6.07) is 13.6. The first-order chi connectivity index (χ1) is 10.6. The van der Waals surface area contributed by atoms with E-state index in [-0.39, 0.29) is 24.1 Å². The highest BCUT2D eigenvalue weighted by Crippen LogP contribution is 2.13. The van der Waals surface area contributed by atoms with E-state index in [9.17, 15) is 9.18 Å². The molecule has 1 heterocycles. The summed E-state index contributed by atoms with van der Waals surface area (Å²) >= 11 is 5.94. The second-order valence-electron chi connectivity index (χ2n) is 5.41. The normalized spacial score (nSPS) is 15.1. The smallest absolute Gasteiger partial charge is 0.254 e. The van der Waals surface area contributed by atoms with Crippen molar-refractivity contribution in [3.8, 4) is 0 Å². The van der Waals surface area contributed by atoms with Gasteiger partial charge in [0.1, 0.15) is 11.5 Å². The Bertz CT molecular complexity index is 671. The number of hydrogen-bond donors (Lipinski definition) is 1. The highest BCUT2D eigenvalue weighted by atomic mass is 35.5. The Morgan fingerprint density at radius 1 is 1.09 bits per heavy atom. The molecule has 1 aliphatic rings. The van der Waals surface area contributed by atoms with Crippen LogP contribution in [0.4, 0.5) is 10.1 Å². The van der Waals surface area contributed by atoms with E-state index >= 15 is 0 Å². The number of halogens is 3. The minimum absolute atomic E-state index is 0. The molecular weight excluding hydrogens is 338 g/mol. The fraction of sp³-hybridized carbons (Fsp3) is 0.235. The minimum Gasteiger partial charge on any atom is -1.00 e. The lowest BCUT2D eigenvalue weighted by Crippen LogP contribution is -3.10. The third kappa shape index (κ3) is 4.22. The molecule has 0 saturated carbocycles. The molecule has 1 amide bonds. The first-order valence-electron chi connectivity index (χ1n) is 7.29. The number of hydrogen-bond acceptors (Lipinski definition) is 1. The Morgan fingerprint density at radius 2 is 1.74 bits per heavy atom. The number of quaternary nitrogens is 1. The number of nitrogens with zero attached hydrogens (tertiary/aromatic N) is 1. The standard InChI is InChI=1S/C17H16ClFN2O.ClH/c18-14-3-1-2-13(12-14)17(22)21-10-8-20(9-11-21)16-6-4-15(19)5-7-16;/h1-7,12H,8-11H2;1H. The van der Waals surface area contributed by atoms with Crippen LogP contribution in [0.2, 0.25) is 5.02 Å². The van der Waals surface area contributed by atoms with Gasteiger partial charge in [-0.1, -0.05) is 17.7 Å². The summed E-state index contributed by atoms with van der Waals surface area (Å²) in [5.74, 6) is -0.210. The van der Waals surface area contributed by atoms with Crippen molar-refractivity contribution in [2.24, 2.45) is 0 Å². The molecule has 3 rings (SSSR count). The van der Waals surface area contributed by atoms with Gasteiger partial charge in [0.2, 0.25) is 0 Å². The van der Waals surface area contributed by atoms with Crippen LogP contribution in [0.5, 0.6) is 0 Å². The number of amides is 1. The Balaban J connectivity index is 0.00000192. The van der Waals surface area contributed by atoms with Crippen molar-refractivity contribution in [3.63, 3.8) is 0 Å². The molecule has 1 fully saturated rings. The first-order valence-corrected chi connectivity index (χ1v) is 7.67. The van der Waals surface area contributed by atoms with Crippen LogP contribution in [-0.2, 0) is 0 Å². The van der Waals surface area contributed by atoms with E-state index in [1.807, 2.05) is 4.90 Å². The van der Waals surface area contributed by atoms with Gasteiger partial charge in [-0.15, -0.1) is 0 Å². The topological polar surface area (TPSA) is 24.8 Å². The van der Waals surface area contributed by atoms with E-state index in [0.717, 1.165) is 18.8 Å². The van der Waals surface area contributed by atoms with E-state index in [1.165, 1.54) is 17.0 Å². The Hall–Kier alpha value is -1.62. The Kier molecular flexibility index (Phi) is 5.99. The maximum atomic E-state index is 13.0. The number of piperazine rings is 1. The van der Waals surface area contributed by atoms with Crippen LogP contribution in [0, 0.1) is 5.82 Å². The molecule has 0 unspecified atom stereocenters. The largest absolute Gasteiger partial charge is 1.00 e. The lowest BCUT2D eigenvalue weighted by atomic mass is 10.1. The van der Waals surface area contributed by atoms with Crippen LogP contribution >= 0.6 is 11.6 Å². The summed E-state index contributed by atoms with van der Waals surface area (Å²) in [5.41, 5.74) is 1.69. The maximum absolute atomic E-state index is 13.0. The fourth-order valence-corrected chi connectivity index (χ4v) is 2.95. The zero-order chi connectivity index (χ0) is 15.5. The van der Waals surface area contributed by atoms with Gasteiger partial charge in [0.15, 0.2) is 0 Å². The highest BCUT2D eigenvalue weighted by Gasteiger charge is 2.25. The maximum Gasteiger partial charge on any atom is 0.254 e. The number of carbonyl (C=O) groups excluding carboxylic acids is 1. The van der Waals surface area contributed by atoms with Crippen LogP contribution < -0.4 is 17.3 Å². The predicted molar refractivity (Wildman–Crippen MR) is 84.1 cm³/mol. The second-order valence-corrected chi connectivity index (χ2v) is 5.85. The van der Waals surface area contributed by atoms with Gasteiger partial charge >= 0.3 is 0 Å². The average Bonchev–Trinajstić information content (AvgIpc) is 2.55. The zero-order valence-electron chi connectivity index (χ0n) is 12.4. The van der Waals surface area contributed by atoms with Crippen molar-refractivity contribution in [2.45, 2.75) is 0 Å². The highest BCUT2D eigenvalue weighted by molar-refractivity contribution is 6.30. The van der Waals surface area contributed by atoms with Crippen molar-refractivity contribution < 1.29 is 26.5 Å². The molecule has 0 aromatic heterocycles. The molecule has 23 heavy (non-hydrogen) atoms. The molecular formula is C17H17Cl2FN2O. The summed E-state index contributed by atoms with van der Waals surface area (Å²) in [6.07, 6.45) is 0. The van der Waals surface area contributed by atoms with Crippen molar-refractivity contribution in [1.29, 1.82) is 0 Å². The van der Waals surface area contributed by atoms with E-state index in [4.69, 9.17) is 11.6 Å². The summed E-state index contributed by atoms with van der Waals surface area (Å²) < 4.78 is 13.0. The quantitative estimate of drug-likeness (QED) is 0.747. The molecule has 0 atom stereocenters. The van der Waals surface area contributed by atoms with Crippen LogP contribution in [-0.4, -0.2) is 37.0 Å². The number of benzene rings is 2. The van der Waals surface area contributed by atoms with Crippen molar-refractivity contribution in [2.75, 3.05) is 26.2 Å². The van der Waals surface area contributed by atoms with Gasteiger partial charge in [0, 0.05) is 22.7 Å². The van der Waals surface area contributed by atoms with Crippen molar-refractivity contribution in [1.82, 2.24) is 4.90 Å². The summed E-state index contributed by atoms with van der Waals surface area (Å²) in [5, 5.41) is 0.571. The Labute approximate surface area is 146 Å². The molecule has 0 radical (unpaired) electrons. The molecule has 0 aliphatic carbocycles. The minimum atomic E-state index is -0.224. The molecule has 1 aliphatic heterocycles. The molecule has 3 nitrogen and oxygen atoms in total. The molecule has 122 valence electrons. The summed E-state index contributed by atoms with van der Waals surface area (Å²) in [4.78, 5) is 15.6. The van der Waals surface area contributed by atoms with E-state index in [1.54, 1.807) is 36.4 Å². The van der Waals surface area contributed by atoms with Crippen LogP contribution in [0.25, 0.3) is 0 Å². The number of rotatable bonds is 2. The fourth-order valence-electron chi connectivity index (χ4n) is 2.76. The molecule has 0 bridgehead atoms. The van der Waals surface area contributed by atoms with E-state index < -0.39 is 0 Å². The lowest BCUT2D eigenvalue weighted by molar-refractivity contribution is -0.837. The van der Waals surface area contributed by atoms with E-state index in [0.29, 0.717) is 23.7 Å². The lowest BCUT2D eigenvalue weighted by Gasteiger charge is -2.32. The van der Waals surface area contributed by atoms with Gasteiger partial charge < -0.3 is 17.3 Å².